The number of rotatable bonds is 5. The number of halogens is 2. The van der Waals surface area contributed by atoms with E-state index in [9.17, 15) is 18.4 Å². The zero-order valence-corrected chi connectivity index (χ0v) is 9.19. The van der Waals surface area contributed by atoms with Gasteiger partial charge in [-0.1, -0.05) is 0 Å². The van der Waals surface area contributed by atoms with Gasteiger partial charge in [-0.25, -0.2) is 13.6 Å². The molecule has 0 aliphatic carbocycles. The average Bonchev–Trinajstić information content (AvgIpc) is 2.27. The fourth-order valence-corrected chi connectivity index (χ4v) is 1.30. The van der Waals surface area contributed by atoms with Crippen LogP contribution in [0.25, 0.3) is 0 Å². The molecule has 7 heteroatoms. The van der Waals surface area contributed by atoms with Gasteiger partial charge in [0.1, 0.15) is 17.7 Å². The summed E-state index contributed by atoms with van der Waals surface area (Å²) in [7, 11) is 0. The van der Waals surface area contributed by atoms with Crippen molar-refractivity contribution in [1.29, 1.82) is 0 Å². The second-order valence-electron chi connectivity index (χ2n) is 3.50. The Bertz CT molecular complexity index is 464. The van der Waals surface area contributed by atoms with Crippen molar-refractivity contribution in [3.63, 3.8) is 0 Å². The van der Waals surface area contributed by atoms with E-state index >= 15 is 0 Å². The van der Waals surface area contributed by atoms with E-state index in [1.54, 1.807) is 0 Å². The zero-order chi connectivity index (χ0) is 13.7. The highest BCUT2D eigenvalue weighted by atomic mass is 19.1. The third-order valence-corrected chi connectivity index (χ3v) is 2.20. The van der Waals surface area contributed by atoms with E-state index in [-0.39, 0.29) is 6.42 Å². The van der Waals surface area contributed by atoms with Crippen molar-refractivity contribution in [1.82, 2.24) is 5.32 Å². The number of nitrogens with one attached hydrogen (secondary N) is 1. The van der Waals surface area contributed by atoms with Crippen LogP contribution in [-0.2, 0) is 4.79 Å². The summed E-state index contributed by atoms with van der Waals surface area (Å²) in [4.78, 5) is 22.3. The molecule has 0 aromatic heterocycles. The number of aliphatic hydroxyl groups excluding tert-OH is 1. The molecule has 0 spiro atoms. The van der Waals surface area contributed by atoms with Crippen LogP contribution in [0.1, 0.15) is 16.8 Å². The van der Waals surface area contributed by atoms with Crippen LogP contribution in [0.15, 0.2) is 18.2 Å². The maximum Gasteiger partial charge on any atom is 0.326 e. The summed E-state index contributed by atoms with van der Waals surface area (Å²) in [5, 5.41) is 19.4. The molecule has 0 aliphatic heterocycles. The van der Waals surface area contributed by atoms with Gasteiger partial charge < -0.3 is 15.5 Å². The number of hydrogen-bond acceptors (Lipinski definition) is 3. The highest BCUT2D eigenvalue weighted by molar-refractivity contribution is 5.96. The molecule has 1 amide bonds. The van der Waals surface area contributed by atoms with Crippen LogP contribution in [-0.4, -0.2) is 34.7 Å². The van der Waals surface area contributed by atoms with Gasteiger partial charge >= 0.3 is 5.97 Å². The van der Waals surface area contributed by atoms with Gasteiger partial charge in [0.15, 0.2) is 0 Å². The van der Waals surface area contributed by atoms with Crippen molar-refractivity contribution in [3.8, 4) is 0 Å². The summed E-state index contributed by atoms with van der Waals surface area (Å²) in [6.45, 7) is -0.441. The predicted molar refractivity (Wildman–Crippen MR) is 57.0 cm³/mol. The van der Waals surface area contributed by atoms with Crippen molar-refractivity contribution in [2.24, 2.45) is 0 Å². The van der Waals surface area contributed by atoms with Crippen molar-refractivity contribution in [3.05, 3.63) is 35.4 Å². The van der Waals surface area contributed by atoms with Crippen LogP contribution in [0.5, 0.6) is 0 Å². The van der Waals surface area contributed by atoms with E-state index in [1.807, 2.05) is 5.32 Å². The predicted octanol–water partition coefficient (Wildman–Crippen LogP) is 0.530. The largest absolute Gasteiger partial charge is 0.480 e. The third kappa shape index (κ3) is 3.49. The van der Waals surface area contributed by atoms with Gasteiger partial charge in [0.25, 0.3) is 5.91 Å². The van der Waals surface area contributed by atoms with Gasteiger partial charge in [0.05, 0.1) is 5.56 Å². The van der Waals surface area contributed by atoms with E-state index in [1.165, 1.54) is 0 Å². The number of hydrogen-bond donors (Lipinski definition) is 3. The molecule has 0 aliphatic rings. The Kier molecular flexibility index (Phi) is 4.73. The van der Waals surface area contributed by atoms with Crippen molar-refractivity contribution >= 4 is 11.9 Å². The fraction of sp³-hybridized carbons (Fsp3) is 0.273. The molecule has 0 bridgehead atoms. The minimum Gasteiger partial charge on any atom is -0.480 e. The molecule has 1 aromatic rings. The van der Waals surface area contributed by atoms with E-state index < -0.39 is 41.7 Å². The molecular formula is C11H11F2NO4. The van der Waals surface area contributed by atoms with Gasteiger partial charge in [-0.3, -0.25) is 4.79 Å². The molecule has 1 rings (SSSR count). The first kappa shape index (κ1) is 14.0. The molecule has 98 valence electrons. The molecular weight excluding hydrogens is 248 g/mol. The number of carboxylic acid groups (broad SMARTS) is 1. The molecule has 1 aromatic carbocycles. The zero-order valence-electron chi connectivity index (χ0n) is 9.19. The topological polar surface area (TPSA) is 86.6 Å². The summed E-state index contributed by atoms with van der Waals surface area (Å²) in [5.74, 6) is -4.25. The third-order valence-electron chi connectivity index (χ3n) is 2.20. The number of amides is 1. The number of carbonyl (C=O) groups is 2. The number of carboxylic acids is 1. The summed E-state index contributed by atoms with van der Waals surface area (Å²) in [5.41, 5.74) is -0.458. The molecule has 5 nitrogen and oxygen atoms in total. The lowest BCUT2D eigenvalue weighted by atomic mass is 10.1. The molecule has 0 unspecified atom stereocenters. The molecule has 0 saturated heterocycles. The van der Waals surface area contributed by atoms with E-state index in [2.05, 4.69) is 0 Å². The fourth-order valence-electron chi connectivity index (χ4n) is 1.30. The lowest BCUT2D eigenvalue weighted by Crippen LogP contribution is -2.41. The van der Waals surface area contributed by atoms with Crippen LogP contribution in [0.3, 0.4) is 0 Å². The maximum absolute atomic E-state index is 13.2. The van der Waals surface area contributed by atoms with Crippen molar-refractivity contribution in [2.75, 3.05) is 6.61 Å². The van der Waals surface area contributed by atoms with E-state index in [0.29, 0.717) is 6.07 Å². The Morgan fingerprint density at radius 2 is 2.00 bits per heavy atom. The highest BCUT2D eigenvalue weighted by Crippen LogP contribution is 2.09. The molecule has 1 atom stereocenters. The Morgan fingerprint density at radius 3 is 2.50 bits per heavy atom. The number of aliphatic carboxylic acids is 1. The SMILES string of the molecule is O=C(N[C@@H](CCO)C(=O)O)c1ccc(F)cc1F. The monoisotopic (exact) mass is 259 g/mol. The highest BCUT2D eigenvalue weighted by Gasteiger charge is 2.21. The van der Waals surface area contributed by atoms with Crippen LogP contribution in [0.2, 0.25) is 0 Å². The normalized spacial score (nSPS) is 11.9. The van der Waals surface area contributed by atoms with E-state index in [4.69, 9.17) is 10.2 Å². The van der Waals surface area contributed by atoms with E-state index in [0.717, 1.165) is 12.1 Å². The van der Waals surface area contributed by atoms with Gasteiger partial charge in [-0.15, -0.1) is 0 Å². The smallest absolute Gasteiger partial charge is 0.326 e. The van der Waals surface area contributed by atoms with Gasteiger partial charge in [0.2, 0.25) is 0 Å². The standard InChI is InChI=1S/C11H11F2NO4/c12-6-1-2-7(8(13)5-6)10(16)14-9(3-4-15)11(17)18/h1-2,5,9,15H,3-4H2,(H,14,16)(H,17,18)/t9-/m0/s1. The first-order chi connectivity index (χ1) is 8.45. The van der Waals surface area contributed by atoms with Crippen LogP contribution >= 0.6 is 0 Å². The first-order valence-electron chi connectivity index (χ1n) is 5.05. The van der Waals surface area contributed by atoms with Gasteiger partial charge in [-0.2, -0.15) is 0 Å². The summed E-state index contributed by atoms with van der Waals surface area (Å²) < 4.78 is 25.9. The first-order valence-corrected chi connectivity index (χ1v) is 5.05. The summed E-state index contributed by atoms with van der Waals surface area (Å²) in [6, 6.07) is 1.00. The molecule has 0 fully saturated rings. The maximum atomic E-state index is 13.2. The Labute approximate surface area is 101 Å². The second-order valence-corrected chi connectivity index (χ2v) is 3.50. The second kappa shape index (κ2) is 6.06. The Hall–Kier alpha value is -2.02. The number of carbonyl (C=O) groups excluding carboxylic acids is 1. The molecule has 18 heavy (non-hydrogen) atoms. The number of aliphatic hydroxyl groups is 1. The summed E-state index contributed by atoms with van der Waals surface area (Å²) in [6.07, 6.45) is -0.204. The lowest BCUT2D eigenvalue weighted by molar-refractivity contribution is -0.139. The van der Waals surface area contributed by atoms with Crippen molar-refractivity contribution in [2.45, 2.75) is 12.5 Å². The molecule has 0 heterocycles. The Morgan fingerprint density at radius 1 is 1.33 bits per heavy atom. The van der Waals surface area contributed by atoms with Crippen molar-refractivity contribution < 1.29 is 28.6 Å². The quantitative estimate of drug-likeness (QED) is 0.720. The minimum absolute atomic E-state index is 0.204. The molecule has 0 saturated carbocycles. The minimum atomic E-state index is -1.35. The molecule has 3 N–H and O–H groups in total. The number of benzene rings is 1. The van der Waals surface area contributed by atoms with Gasteiger partial charge in [0, 0.05) is 19.1 Å². The molecule has 0 radical (unpaired) electrons. The summed E-state index contributed by atoms with van der Waals surface area (Å²) >= 11 is 0. The van der Waals surface area contributed by atoms with Gasteiger partial charge in [-0.05, 0) is 12.1 Å². The Balaban J connectivity index is 2.83. The van der Waals surface area contributed by atoms with Crippen LogP contribution in [0, 0.1) is 11.6 Å². The lowest BCUT2D eigenvalue weighted by Gasteiger charge is -2.13. The van der Waals surface area contributed by atoms with Crippen LogP contribution in [0.4, 0.5) is 8.78 Å². The van der Waals surface area contributed by atoms with Crippen LogP contribution < -0.4 is 5.32 Å². The average molecular weight is 259 g/mol.